The minimum Gasteiger partial charge on any atom is -0.359 e. The molecule has 1 saturated heterocycles. The van der Waals surface area contributed by atoms with E-state index in [0.717, 1.165) is 31.9 Å². The smallest absolute Gasteiger partial charge is 0.251 e. The van der Waals surface area contributed by atoms with Crippen molar-refractivity contribution >= 4 is 53.4 Å². The van der Waals surface area contributed by atoms with E-state index in [0.29, 0.717) is 36.0 Å². The molecule has 1 aromatic carbocycles. The largest absolute Gasteiger partial charge is 0.359 e. The highest BCUT2D eigenvalue weighted by Crippen LogP contribution is 2.20. The van der Waals surface area contributed by atoms with Crippen molar-refractivity contribution in [2.75, 3.05) is 40.3 Å². The lowest BCUT2D eigenvalue weighted by atomic mass is 9.93. The fraction of sp³-hybridized carbons (Fsp3) is 0.526. The maximum Gasteiger partial charge on any atom is 0.251 e. The van der Waals surface area contributed by atoms with Crippen LogP contribution in [0.25, 0.3) is 0 Å². The number of nitrogens with zero attached hydrogens (tertiary/aromatic N) is 2. The first-order chi connectivity index (χ1) is 13.0. The number of carbonyl (C=O) groups excluding carboxylic acids is 2. The van der Waals surface area contributed by atoms with Crippen LogP contribution in [0.1, 0.15) is 29.6 Å². The third-order valence-electron chi connectivity index (χ3n) is 4.68. The van der Waals surface area contributed by atoms with Crippen LogP contribution in [-0.4, -0.2) is 62.9 Å². The molecular weight excluding hydrogens is 493 g/mol. The second-order valence-corrected chi connectivity index (χ2v) is 6.98. The van der Waals surface area contributed by atoms with Crippen LogP contribution < -0.4 is 16.0 Å². The standard InChI is InChI=1S/C19H28ClN5O2.HI/c1-21-17(26)13-14-7-11-25(12-8-14)19(22-2)24-10-9-23-18(27)15-3-5-16(20)6-4-15;/h3-6,14H,7-13H2,1-2H3,(H,21,26)(H,22,24)(H,23,27);1H. The molecule has 156 valence electrons. The average Bonchev–Trinajstić information content (AvgIpc) is 2.69. The summed E-state index contributed by atoms with van der Waals surface area (Å²) in [5.41, 5.74) is 0.585. The fourth-order valence-electron chi connectivity index (χ4n) is 3.10. The lowest BCUT2D eigenvalue weighted by molar-refractivity contribution is -0.121. The number of amides is 2. The molecule has 0 aliphatic carbocycles. The van der Waals surface area contributed by atoms with Crippen molar-refractivity contribution in [2.24, 2.45) is 10.9 Å². The van der Waals surface area contributed by atoms with E-state index in [4.69, 9.17) is 11.6 Å². The topological polar surface area (TPSA) is 85.8 Å². The van der Waals surface area contributed by atoms with Gasteiger partial charge in [-0.1, -0.05) is 11.6 Å². The van der Waals surface area contributed by atoms with Gasteiger partial charge in [0.2, 0.25) is 5.91 Å². The van der Waals surface area contributed by atoms with E-state index in [1.54, 1.807) is 38.4 Å². The molecule has 28 heavy (non-hydrogen) atoms. The summed E-state index contributed by atoms with van der Waals surface area (Å²) in [6, 6.07) is 6.80. The van der Waals surface area contributed by atoms with Crippen molar-refractivity contribution in [3.63, 3.8) is 0 Å². The molecule has 7 nitrogen and oxygen atoms in total. The molecule has 3 N–H and O–H groups in total. The Morgan fingerprint density at radius 2 is 1.75 bits per heavy atom. The zero-order valence-electron chi connectivity index (χ0n) is 16.3. The molecule has 0 bridgehead atoms. The third-order valence-corrected chi connectivity index (χ3v) is 4.93. The molecule has 0 aromatic heterocycles. The van der Waals surface area contributed by atoms with Crippen molar-refractivity contribution < 1.29 is 9.59 Å². The normalized spacial score (nSPS) is 14.8. The molecule has 0 unspecified atom stereocenters. The van der Waals surface area contributed by atoms with Crippen LogP contribution in [0.5, 0.6) is 0 Å². The van der Waals surface area contributed by atoms with Crippen molar-refractivity contribution in [3.8, 4) is 0 Å². The van der Waals surface area contributed by atoms with Crippen LogP contribution in [0.4, 0.5) is 0 Å². The van der Waals surface area contributed by atoms with E-state index in [-0.39, 0.29) is 35.8 Å². The van der Waals surface area contributed by atoms with Gasteiger partial charge in [0, 0.05) is 57.3 Å². The Labute approximate surface area is 188 Å². The highest BCUT2D eigenvalue weighted by Gasteiger charge is 2.22. The molecule has 1 fully saturated rings. The number of piperidine rings is 1. The number of nitrogens with one attached hydrogen (secondary N) is 3. The first-order valence-electron chi connectivity index (χ1n) is 9.23. The highest BCUT2D eigenvalue weighted by atomic mass is 127. The summed E-state index contributed by atoms with van der Waals surface area (Å²) in [5, 5.41) is 9.45. The summed E-state index contributed by atoms with van der Waals surface area (Å²) in [4.78, 5) is 30.1. The minimum atomic E-state index is -0.126. The zero-order valence-corrected chi connectivity index (χ0v) is 19.4. The minimum absolute atomic E-state index is 0. The van der Waals surface area contributed by atoms with Crippen LogP contribution in [-0.2, 0) is 4.79 Å². The summed E-state index contributed by atoms with van der Waals surface area (Å²) in [6.45, 7) is 2.83. The monoisotopic (exact) mass is 521 g/mol. The molecule has 1 aliphatic rings. The number of halogens is 2. The second kappa shape index (κ2) is 12.8. The molecule has 1 heterocycles. The van der Waals surface area contributed by atoms with Gasteiger partial charge in [0.15, 0.2) is 5.96 Å². The van der Waals surface area contributed by atoms with Gasteiger partial charge in [-0.05, 0) is 43.0 Å². The average molecular weight is 522 g/mol. The van der Waals surface area contributed by atoms with Crippen LogP contribution in [0.15, 0.2) is 29.3 Å². The van der Waals surface area contributed by atoms with Gasteiger partial charge < -0.3 is 20.9 Å². The van der Waals surface area contributed by atoms with Gasteiger partial charge in [0.1, 0.15) is 0 Å². The lowest BCUT2D eigenvalue weighted by Gasteiger charge is -2.34. The van der Waals surface area contributed by atoms with Gasteiger partial charge in [0.05, 0.1) is 0 Å². The Bertz CT molecular complexity index is 661. The van der Waals surface area contributed by atoms with Gasteiger partial charge in [-0.15, -0.1) is 24.0 Å². The van der Waals surface area contributed by atoms with E-state index in [2.05, 4.69) is 25.8 Å². The van der Waals surface area contributed by atoms with E-state index < -0.39 is 0 Å². The zero-order chi connectivity index (χ0) is 19.6. The van der Waals surface area contributed by atoms with E-state index >= 15 is 0 Å². The Morgan fingerprint density at radius 1 is 1.14 bits per heavy atom. The first kappa shape index (κ1) is 24.5. The van der Waals surface area contributed by atoms with Crippen LogP contribution >= 0.6 is 35.6 Å². The van der Waals surface area contributed by atoms with Crippen LogP contribution in [0, 0.1) is 5.92 Å². The Morgan fingerprint density at radius 3 is 2.32 bits per heavy atom. The second-order valence-electron chi connectivity index (χ2n) is 6.54. The number of carbonyl (C=O) groups is 2. The summed E-state index contributed by atoms with van der Waals surface area (Å²) >= 11 is 5.83. The van der Waals surface area contributed by atoms with Gasteiger partial charge in [0.25, 0.3) is 5.91 Å². The Balaban J connectivity index is 0.00000392. The van der Waals surface area contributed by atoms with Crippen molar-refractivity contribution in [2.45, 2.75) is 19.3 Å². The van der Waals surface area contributed by atoms with E-state index in [9.17, 15) is 9.59 Å². The fourth-order valence-corrected chi connectivity index (χ4v) is 3.23. The number of rotatable bonds is 6. The molecular formula is C19H29ClIN5O2. The predicted molar refractivity (Wildman–Crippen MR) is 124 cm³/mol. The number of benzene rings is 1. The number of hydrogen-bond acceptors (Lipinski definition) is 3. The molecule has 2 rings (SSSR count). The predicted octanol–water partition coefficient (Wildman–Crippen LogP) is 2.11. The molecule has 2 amide bonds. The number of hydrogen-bond donors (Lipinski definition) is 3. The van der Waals surface area contributed by atoms with Gasteiger partial charge in [-0.2, -0.15) is 0 Å². The quantitative estimate of drug-likeness (QED) is 0.232. The number of aliphatic imine (C=N–C) groups is 1. The molecule has 1 aromatic rings. The van der Waals surface area contributed by atoms with Crippen molar-refractivity contribution in [3.05, 3.63) is 34.9 Å². The maximum absolute atomic E-state index is 12.1. The molecule has 0 spiro atoms. The van der Waals surface area contributed by atoms with Crippen molar-refractivity contribution in [1.29, 1.82) is 0 Å². The summed E-state index contributed by atoms with van der Waals surface area (Å²) in [7, 11) is 3.43. The SMILES string of the molecule is CN=C(NCCNC(=O)c1ccc(Cl)cc1)N1CCC(CC(=O)NC)CC1.I. The van der Waals surface area contributed by atoms with Gasteiger partial charge in [-0.25, -0.2) is 0 Å². The summed E-state index contributed by atoms with van der Waals surface area (Å²) < 4.78 is 0. The van der Waals surface area contributed by atoms with Gasteiger partial charge in [-0.3, -0.25) is 14.6 Å². The number of likely N-dealkylation sites (tertiary alicyclic amines) is 1. The highest BCUT2D eigenvalue weighted by molar-refractivity contribution is 14.0. The lowest BCUT2D eigenvalue weighted by Crippen LogP contribution is -2.47. The maximum atomic E-state index is 12.1. The Hall–Kier alpha value is -1.55. The van der Waals surface area contributed by atoms with Crippen LogP contribution in [0.2, 0.25) is 5.02 Å². The molecule has 1 aliphatic heterocycles. The molecule has 0 saturated carbocycles. The molecule has 9 heteroatoms. The Kier molecular flexibility index (Phi) is 11.2. The summed E-state index contributed by atoms with van der Waals surface area (Å²) in [6.07, 6.45) is 2.54. The molecule has 0 atom stereocenters. The van der Waals surface area contributed by atoms with Gasteiger partial charge >= 0.3 is 0 Å². The van der Waals surface area contributed by atoms with E-state index in [1.807, 2.05) is 0 Å². The first-order valence-corrected chi connectivity index (χ1v) is 9.61. The molecule has 0 radical (unpaired) electrons. The summed E-state index contributed by atoms with van der Waals surface area (Å²) in [5.74, 6) is 1.23. The van der Waals surface area contributed by atoms with Crippen molar-refractivity contribution in [1.82, 2.24) is 20.9 Å². The van der Waals surface area contributed by atoms with E-state index in [1.165, 1.54) is 0 Å². The number of guanidine groups is 1. The third kappa shape index (κ3) is 7.83. The van der Waals surface area contributed by atoms with Crippen LogP contribution in [0.3, 0.4) is 0 Å².